The Hall–Kier alpha value is -0.570. The van der Waals surface area contributed by atoms with Crippen molar-refractivity contribution in [2.24, 2.45) is 0 Å². The lowest BCUT2D eigenvalue weighted by Crippen LogP contribution is -1.83. The minimum Gasteiger partial charge on any atom is -0.380 e. The van der Waals surface area contributed by atoms with Crippen LogP contribution in [0, 0.1) is 0 Å². The predicted octanol–water partition coefficient (Wildman–Crippen LogP) is 3.70. The molecule has 1 aromatic heterocycles. The third-order valence-corrected chi connectivity index (χ3v) is 3.15. The number of halogens is 1. The standard InChI is InChI=1S/C10H9ClOS/c1-12-5-7-6-13-10-4-8(11)2-3-9(7)10/h2-4,6H,5H2,1H3. The van der Waals surface area contributed by atoms with Crippen molar-refractivity contribution in [1.82, 2.24) is 0 Å². The first-order valence-corrected chi connectivity index (χ1v) is 5.21. The Morgan fingerprint density at radius 1 is 1.46 bits per heavy atom. The average Bonchev–Trinajstić information content (AvgIpc) is 2.49. The zero-order valence-corrected chi connectivity index (χ0v) is 8.78. The molecule has 1 aromatic carbocycles. The normalized spacial score (nSPS) is 10.9. The Bertz CT molecular complexity index is 422. The van der Waals surface area contributed by atoms with E-state index in [0.29, 0.717) is 6.61 Å². The van der Waals surface area contributed by atoms with Gasteiger partial charge in [0.2, 0.25) is 0 Å². The Morgan fingerprint density at radius 3 is 3.08 bits per heavy atom. The van der Waals surface area contributed by atoms with Crippen LogP contribution in [-0.2, 0) is 11.3 Å². The van der Waals surface area contributed by atoms with E-state index >= 15 is 0 Å². The summed E-state index contributed by atoms with van der Waals surface area (Å²) >= 11 is 7.58. The van der Waals surface area contributed by atoms with Crippen molar-refractivity contribution in [3.8, 4) is 0 Å². The van der Waals surface area contributed by atoms with Crippen LogP contribution in [0.3, 0.4) is 0 Å². The molecule has 0 radical (unpaired) electrons. The van der Waals surface area contributed by atoms with Crippen LogP contribution >= 0.6 is 22.9 Å². The minimum absolute atomic E-state index is 0.668. The highest BCUT2D eigenvalue weighted by Crippen LogP contribution is 2.28. The molecule has 0 N–H and O–H groups in total. The van der Waals surface area contributed by atoms with Gasteiger partial charge in [0.25, 0.3) is 0 Å². The first-order valence-electron chi connectivity index (χ1n) is 3.96. The fraction of sp³-hybridized carbons (Fsp3) is 0.200. The minimum atomic E-state index is 0.668. The summed E-state index contributed by atoms with van der Waals surface area (Å²) in [7, 11) is 1.71. The summed E-state index contributed by atoms with van der Waals surface area (Å²) < 4.78 is 6.32. The fourth-order valence-electron chi connectivity index (χ4n) is 1.32. The topological polar surface area (TPSA) is 9.23 Å². The molecule has 13 heavy (non-hydrogen) atoms. The van der Waals surface area contributed by atoms with Crippen LogP contribution in [0.2, 0.25) is 5.02 Å². The van der Waals surface area contributed by atoms with Gasteiger partial charge < -0.3 is 4.74 Å². The van der Waals surface area contributed by atoms with Crippen LogP contribution in [0.1, 0.15) is 5.56 Å². The number of hydrogen-bond donors (Lipinski definition) is 0. The van der Waals surface area contributed by atoms with Gasteiger partial charge in [-0.3, -0.25) is 0 Å². The van der Waals surface area contributed by atoms with Gasteiger partial charge in [-0.25, -0.2) is 0 Å². The first kappa shape index (κ1) is 9.00. The van der Waals surface area contributed by atoms with Crippen molar-refractivity contribution in [1.29, 1.82) is 0 Å². The SMILES string of the molecule is COCc1csc2cc(Cl)ccc12. The lowest BCUT2D eigenvalue weighted by atomic mass is 10.2. The van der Waals surface area contributed by atoms with Gasteiger partial charge in [0, 0.05) is 16.8 Å². The predicted molar refractivity (Wildman–Crippen MR) is 57.5 cm³/mol. The number of methoxy groups -OCH3 is 1. The highest BCUT2D eigenvalue weighted by atomic mass is 35.5. The van der Waals surface area contributed by atoms with Crippen LogP contribution in [0.25, 0.3) is 10.1 Å². The van der Waals surface area contributed by atoms with E-state index in [1.165, 1.54) is 15.6 Å². The van der Waals surface area contributed by atoms with Crippen molar-refractivity contribution in [3.05, 3.63) is 34.2 Å². The van der Waals surface area contributed by atoms with Crippen LogP contribution in [-0.4, -0.2) is 7.11 Å². The van der Waals surface area contributed by atoms with Crippen molar-refractivity contribution >= 4 is 33.0 Å². The van der Waals surface area contributed by atoms with E-state index in [4.69, 9.17) is 16.3 Å². The molecule has 0 aliphatic rings. The van der Waals surface area contributed by atoms with Gasteiger partial charge in [0.1, 0.15) is 0 Å². The number of rotatable bonds is 2. The van der Waals surface area contributed by atoms with E-state index < -0.39 is 0 Å². The van der Waals surface area contributed by atoms with Gasteiger partial charge in [-0.05, 0) is 28.5 Å². The van der Waals surface area contributed by atoms with E-state index in [1.807, 2.05) is 18.2 Å². The molecule has 0 bridgehead atoms. The quantitative estimate of drug-likeness (QED) is 0.738. The maximum atomic E-state index is 5.88. The van der Waals surface area contributed by atoms with Crippen LogP contribution < -0.4 is 0 Å². The summed E-state index contributed by atoms with van der Waals surface area (Å²) in [6.07, 6.45) is 0. The van der Waals surface area contributed by atoms with Crippen molar-refractivity contribution in [2.75, 3.05) is 7.11 Å². The first-order chi connectivity index (χ1) is 6.31. The molecule has 1 nitrogen and oxygen atoms in total. The number of benzene rings is 1. The molecule has 0 aliphatic carbocycles. The number of thiophene rings is 1. The van der Waals surface area contributed by atoms with Crippen molar-refractivity contribution in [2.45, 2.75) is 6.61 Å². The van der Waals surface area contributed by atoms with Gasteiger partial charge in [-0.2, -0.15) is 0 Å². The Labute approximate surface area is 85.9 Å². The molecule has 1 heterocycles. The Kier molecular flexibility index (Phi) is 2.54. The maximum Gasteiger partial charge on any atom is 0.0727 e. The molecule has 0 saturated carbocycles. The van der Waals surface area contributed by atoms with Gasteiger partial charge in [0.05, 0.1) is 6.61 Å². The monoisotopic (exact) mass is 212 g/mol. The van der Waals surface area contributed by atoms with E-state index in [1.54, 1.807) is 18.4 Å². The number of fused-ring (bicyclic) bond motifs is 1. The third-order valence-electron chi connectivity index (χ3n) is 1.92. The molecule has 0 spiro atoms. The molecule has 0 fully saturated rings. The lowest BCUT2D eigenvalue weighted by Gasteiger charge is -1.96. The summed E-state index contributed by atoms with van der Waals surface area (Å²) in [5.41, 5.74) is 1.24. The Balaban J connectivity index is 2.55. The van der Waals surface area contributed by atoms with Gasteiger partial charge in [-0.1, -0.05) is 17.7 Å². The van der Waals surface area contributed by atoms with Crippen LogP contribution in [0.15, 0.2) is 23.6 Å². The number of ether oxygens (including phenoxy) is 1. The van der Waals surface area contributed by atoms with Gasteiger partial charge in [-0.15, -0.1) is 11.3 Å². The maximum absolute atomic E-state index is 5.88. The fourth-order valence-corrected chi connectivity index (χ4v) is 2.55. The molecule has 0 amide bonds. The highest BCUT2D eigenvalue weighted by Gasteiger charge is 2.03. The smallest absolute Gasteiger partial charge is 0.0727 e. The summed E-state index contributed by atoms with van der Waals surface area (Å²) in [6.45, 7) is 0.668. The third kappa shape index (κ3) is 1.70. The largest absolute Gasteiger partial charge is 0.380 e. The van der Waals surface area contributed by atoms with Gasteiger partial charge in [0.15, 0.2) is 0 Å². The molecule has 68 valence electrons. The second-order valence-electron chi connectivity index (χ2n) is 2.83. The van der Waals surface area contributed by atoms with Gasteiger partial charge >= 0.3 is 0 Å². The molecule has 0 atom stereocenters. The molecule has 2 rings (SSSR count). The molecule has 2 aromatic rings. The van der Waals surface area contributed by atoms with Crippen molar-refractivity contribution in [3.63, 3.8) is 0 Å². The molecule has 0 unspecified atom stereocenters. The van der Waals surface area contributed by atoms with Crippen LogP contribution in [0.5, 0.6) is 0 Å². The highest BCUT2D eigenvalue weighted by molar-refractivity contribution is 7.17. The van der Waals surface area contributed by atoms with E-state index in [9.17, 15) is 0 Å². The average molecular weight is 213 g/mol. The molecule has 3 heteroatoms. The second kappa shape index (κ2) is 3.66. The Morgan fingerprint density at radius 2 is 2.31 bits per heavy atom. The van der Waals surface area contributed by atoms with Crippen molar-refractivity contribution < 1.29 is 4.74 Å². The summed E-state index contributed by atoms with van der Waals surface area (Å²) in [5, 5.41) is 4.15. The summed E-state index contributed by atoms with van der Waals surface area (Å²) in [6, 6.07) is 5.94. The lowest BCUT2D eigenvalue weighted by molar-refractivity contribution is 0.186. The van der Waals surface area contributed by atoms with E-state index in [2.05, 4.69) is 5.38 Å². The summed E-state index contributed by atoms with van der Waals surface area (Å²) in [5.74, 6) is 0. The zero-order valence-electron chi connectivity index (χ0n) is 7.21. The van der Waals surface area contributed by atoms with E-state index in [-0.39, 0.29) is 0 Å². The summed E-state index contributed by atoms with van der Waals surface area (Å²) in [4.78, 5) is 0. The zero-order chi connectivity index (χ0) is 9.26. The molecule has 0 saturated heterocycles. The van der Waals surface area contributed by atoms with Crippen LogP contribution in [0.4, 0.5) is 0 Å². The molecular formula is C10H9ClOS. The second-order valence-corrected chi connectivity index (χ2v) is 4.18. The molecular weight excluding hydrogens is 204 g/mol. The molecule has 0 aliphatic heterocycles. The van der Waals surface area contributed by atoms with E-state index in [0.717, 1.165) is 5.02 Å². The number of hydrogen-bond acceptors (Lipinski definition) is 2.